The molecule has 1 aromatic carbocycles. The van der Waals surface area contributed by atoms with E-state index in [9.17, 15) is 19.2 Å². The number of nitrogens with zero attached hydrogens (tertiary/aromatic N) is 2. The van der Waals surface area contributed by atoms with Gasteiger partial charge in [-0.05, 0) is 55.8 Å². The third-order valence-electron chi connectivity index (χ3n) is 7.02. The van der Waals surface area contributed by atoms with E-state index in [1.165, 1.54) is 0 Å². The Labute approximate surface area is 217 Å². The molecule has 0 unspecified atom stereocenters. The van der Waals surface area contributed by atoms with Crippen LogP contribution >= 0.6 is 0 Å². The molecule has 9 heteroatoms. The van der Waals surface area contributed by atoms with Gasteiger partial charge in [-0.25, -0.2) is 0 Å². The van der Waals surface area contributed by atoms with Crippen molar-refractivity contribution in [3.63, 3.8) is 0 Å². The van der Waals surface area contributed by atoms with E-state index in [-0.39, 0.29) is 36.6 Å². The van der Waals surface area contributed by atoms with E-state index in [1.54, 1.807) is 23.4 Å². The summed E-state index contributed by atoms with van der Waals surface area (Å²) < 4.78 is 0. The Hall–Kier alpha value is -3.59. The number of amides is 3. The fourth-order valence-electron chi connectivity index (χ4n) is 5.12. The summed E-state index contributed by atoms with van der Waals surface area (Å²) in [7, 11) is 0. The zero-order chi connectivity index (χ0) is 26.0. The molecule has 0 aliphatic carbocycles. The molecule has 1 aromatic heterocycles. The summed E-state index contributed by atoms with van der Waals surface area (Å²) in [6, 6.07) is 11.4. The highest BCUT2D eigenvalue weighted by Crippen LogP contribution is 2.18. The molecule has 2 aliphatic heterocycles. The monoisotopic (exact) mass is 505 g/mol. The van der Waals surface area contributed by atoms with Crippen LogP contribution in [0.15, 0.2) is 54.9 Å². The number of carbonyl (C=O) groups excluding carboxylic acids is 4. The number of likely N-dealkylation sites (tertiary alicyclic amines) is 1. The molecule has 3 heterocycles. The highest BCUT2D eigenvalue weighted by Gasteiger charge is 2.34. The van der Waals surface area contributed by atoms with E-state index in [0.717, 1.165) is 43.2 Å². The van der Waals surface area contributed by atoms with Crippen molar-refractivity contribution in [1.29, 1.82) is 0 Å². The van der Waals surface area contributed by atoms with E-state index < -0.39 is 18.1 Å². The number of rotatable bonds is 11. The maximum atomic E-state index is 13.4. The Morgan fingerprint density at radius 1 is 1.03 bits per heavy atom. The first-order valence-electron chi connectivity index (χ1n) is 13.0. The van der Waals surface area contributed by atoms with E-state index >= 15 is 0 Å². The van der Waals surface area contributed by atoms with E-state index in [4.69, 9.17) is 0 Å². The number of carbonyl (C=O) groups is 4. The minimum Gasteiger partial charge on any atom is -0.351 e. The second kappa shape index (κ2) is 13.1. The number of pyridine rings is 1. The number of aldehydes is 1. The van der Waals surface area contributed by atoms with Gasteiger partial charge in [0.25, 0.3) is 0 Å². The number of hydrogen-bond acceptors (Lipinski definition) is 6. The quantitative estimate of drug-likeness (QED) is 0.395. The van der Waals surface area contributed by atoms with Gasteiger partial charge >= 0.3 is 0 Å². The van der Waals surface area contributed by atoms with Gasteiger partial charge in [0.2, 0.25) is 17.7 Å². The van der Waals surface area contributed by atoms with Crippen LogP contribution in [-0.4, -0.2) is 71.1 Å². The van der Waals surface area contributed by atoms with Crippen molar-refractivity contribution < 1.29 is 19.2 Å². The smallest absolute Gasteiger partial charge is 0.246 e. The summed E-state index contributed by atoms with van der Waals surface area (Å²) in [6.07, 6.45) is 8.00. The molecule has 2 aromatic rings. The molecular weight excluding hydrogens is 470 g/mol. The van der Waals surface area contributed by atoms with E-state index in [0.29, 0.717) is 19.4 Å². The third-order valence-corrected chi connectivity index (χ3v) is 7.02. The molecule has 196 valence electrons. The highest BCUT2D eigenvalue weighted by molar-refractivity contribution is 5.90. The zero-order valence-corrected chi connectivity index (χ0v) is 21.0. The normalized spacial score (nSPS) is 20.7. The standard InChI is InChI=1S/C28H35N5O4/c34-19-23-10-6-14-33(23)28(37)25(16-21-9-4-12-29-18-21)32-26(35)17-22(15-20-7-2-1-3-8-20)31-27(36)24-11-5-13-30-24/h1-4,7-9,12,18-19,22-25,30H,5-6,10-11,13-17H2,(H,31,36)(H,32,35)/t22-,23-,24-,25-/m0/s1. The lowest BCUT2D eigenvalue weighted by molar-refractivity contribution is -0.138. The van der Waals surface area contributed by atoms with Gasteiger partial charge < -0.3 is 25.6 Å². The van der Waals surface area contributed by atoms with Gasteiger partial charge in [0.1, 0.15) is 12.3 Å². The number of benzene rings is 1. The first-order chi connectivity index (χ1) is 18.0. The van der Waals surface area contributed by atoms with Crippen LogP contribution in [0.3, 0.4) is 0 Å². The molecule has 2 fully saturated rings. The van der Waals surface area contributed by atoms with Crippen molar-refractivity contribution in [2.45, 2.75) is 69.1 Å². The first-order valence-corrected chi connectivity index (χ1v) is 13.0. The van der Waals surface area contributed by atoms with Gasteiger partial charge in [0, 0.05) is 37.8 Å². The summed E-state index contributed by atoms with van der Waals surface area (Å²) in [5.74, 6) is -0.713. The third kappa shape index (κ3) is 7.45. The van der Waals surface area contributed by atoms with Crippen LogP contribution in [0.1, 0.15) is 43.2 Å². The van der Waals surface area contributed by atoms with Crippen LogP contribution in [0.4, 0.5) is 0 Å². The molecule has 0 radical (unpaired) electrons. The lowest BCUT2D eigenvalue weighted by Crippen LogP contribution is -2.53. The van der Waals surface area contributed by atoms with Crippen molar-refractivity contribution in [1.82, 2.24) is 25.8 Å². The summed E-state index contributed by atoms with van der Waals surface area (Å²) >= 11 is 0. The molecule has 3 amide bonds. The molecule has 37 heavy (non-hydrogen) atoms. The fraction of sp³-hybridized carbons (Fsp3) is 0.464. The van der Waals surface area contributed by atoms with Crippen LogP contribution in [0.2, 0.25) is 0 Å². The van der Waals surface area contributed by atoms with Crippen LogP contribution in [-0.2, 0) is 32.0 Å². The SMILES string of the molecule is O=C[C@@H]1CCCN1C(=O)[C@H](Cc1cccnc1)NC(=O)C[C@H](Cc1ccccc1)NC(=O)[C@@H]1CCCN1. The number of hydrogen-bond donors (Lipinski definition) is 3. The summed E-state index contributed by atoms with van der Waals surface area (Å²) in [4.78, 5) is 56.8. The second-order valence-corrected chi connectivity index (χ2v) is 9.81. The molecule has 0 spiro atoms. The van der Waals surface area contributed by atoms with E-state index in [2.05, 4.69) is 20.9 Å². The Kier molecular flexibility index (Phi) is 9.37. The minimum absolute atomic E-state index is 0.0291. The minimum atomic E-state index is -0.832. The van der Waals surface area contributed by atoms with Crippen molar-refractivity contribution in [3.05, 3.63) is 66.0 Å². The maximum absolute atomic E-state index is 13.4. The molecule has 3 N–H and O–H groups in total. The molecule has 4 atom stereocenters. The molecule has 4 rings (SSSR count). The lowest BCUT2D eigenvalue weighted by Gasteiger charge is -2.28. The fourth-order valence-corrected chi connectivity index (χ4v) is 5.12. The Balaban J connectivity index is 1.47. The van der Waals surface area contributed by atoms with Crippen molar-refractivity contribution in [2.24, 2.45) is 0 Å². The molecule has 0 saturated carbocycles. The lowest BCUT2D eigenvalue weighted by atomic mass is 10.0. The van der Waals surface area contributed by atoms with Gasteiger partial charge in [-0.15, -0.1) is 0 Å². The molecule has 2 aliphatic rings. The summed E-state index contributed by atoms with van der Waals surface area (Å²) in [5.41, 5.74) is 1.82. The molecule has 2 saturated heterocycles. The summed E-state index contributed by atoms with van der Waals surface area (Å²) in [5, 5.41) is 9.15. The Morgan fingerprint density at radius 2 is 1.84 bits per heavy atom. The van der Waals surface area contributed by atoms with Gasteiger partial charge in [-0.1, -0.05) is 36.4 Å². The molecule has 9 nitrogen and oxygen atoms in total. The topological polar surface area (TPSA) is 120 Å². The van der Waals surface area contributed by atoms with Gasteiger partial charge in [-0.3, -0.25) is 19.4 Å². The maximum Gasteiger partial charge on any atom is 0.246 e. The predicted octanol–water partition coefficient (Wildman–Crippen LogP) is 1.17. The average Bonchev–Trinajstić information content (AvgIpc) is 3.61. The first kappa shape index (κ1) is 26.5. The largest absolute Gasteiger partial charge is 0.351 e. The van der Waals surface area contributed by atoms with Crippen molar-refractivity contribution >= 4 is 24.0 Å². The summed E-state index contributed by atoms with van der Waals surface area (Å²) in [6.45, 7) is 1.29. The van der Waals surface area contributed by atoms with Crippen molar-refractivity contribution in [3.8, 4) is 0 Å². The second-order valence-electron chi connectivity index (χ2n) is 9.81. The highest BCUT2D eigenvalue weighted by atomic mass is 16.2. The number of nitrogens with one attached hydrogen (secondary N) is 3. The number of aromatic nitrogens is 1. The Bertz CT molecular complexity index is 1060. The predicted molar refractivity (Wildman–Crippen MR) is 138 cm³/mol. The van der Waals surface area contributed by atoms with Gasteiger partial charge in [0.05, 0.1) is 12.1 Å². The van der Waals surface area contributed by atoms with Crippen molar-refractivity contribution in [2.75, 3.05) is 13.1 Å². The van der Waals surface area contributed by atoms with Crippen LogP contribution in [0.25, 0.3) is 0 Å². The van der Waals surface area contributed by atoms with Gasteiger partial charge in [0.15, 0.2) is 0 Å². The van der Waals surface area contributed by atoms with E-state index in [1.807, 2.05) is 36.4 Å². The average molecular weight is 506 g/mol. The zero-order valence-electron chi connectivity index (χ0n) is 21.0. The molecule has 0 bridgehead atoms. The molecular formula is C28H35N5O4. The Morgan fingerprint density at radius 3 is 2.54 bits per heavy atom. The van der Waals surface area contributed by atoms with Gasteiger partial charge in [-0.2, -0.15) is 0 Å². The van der Waals surface area contributed by atoms with Crippen LogP contribution < -0.4 is 16.0 Å². The van der Waals surface area contributed by atoms with Crippen LogP contribution in [0, 0.1) is 0 Å². The van der Waals surface area contributed by atoms with Crippen LogP contribution in [0.5, 0.6) is 0 Å².